The van der Waals surface area contributed by atoms with E-state index in [2.05, 4.69) is 26.0 Å². The summed E-state index contributed by atoms with van der Waals surface area (Å²) in [7, 11) is 0. The number of fused-ring (bicyclic) bond motifs is 1. The maximum absolute atomic E-state index is 10.8. The molecule has 0 radical (unpaired) electrons. The Morgan fingerprint density at radius 1 is 1.29 bits per heavy atom. The van der Waals surface area contributed by atoms with E-state index in [1.807, 2.05) is 4.90 Å². The fraction of sp³-hybridized carbons (Fsp3) is 0.588. The second-order valence-corrected chi connectivity index (χ2v) is 6.53. The molecule has 4 nitrogen and oxygen atoms in total. The van der Waals surface area contributed by atoms with Crippen molar-refractivity contribution in [2.45, 2.75) is 45.1 Å². The fourth-order valence-electron chi connectivity index (χ4n) is 3.67. The SMILES string of the molecule is Cc1cc(C)c2c(c1)CCC1(CCN(CC(=O)O)CC1)O2. The minimum Gasteiger partial charge on any atom is -0.487 e. The molecule has 1 aromatic carbocycles. The van der Waals surface area contributed by atoms with Gasteiger partial charge in [0.25, 0.3) is 0 Å². The molecular formula is C17H23NO3. The molecule has 1 saturated heterocycles. The summed E-state index contributed by atoms with van der Waals surface area (Å²) >= 11 is 0. The molecule has 1 N–H and O–H groups in total. The van der Waals surface area contributed by atoms with Gasteiger partial charge in [-0.25, -0.2) is 0 Å². The first-order valence-electron chi connectivity index (χ1n) is 7.71. The van der Waals surface area contributed by atoms with Gasteiger partial charge in [0.1, 0.15) is 11.4 Å². The van der Waals surface area contributed by atoms with Crippen molar-refractivity contribution in [3.8, 4) is 5.75 Å². The number of piperidine rings is 1. The maximum atomic E-state index is 10.8. The Morgan fingerprint density at radius 3 is 2.67 bits per heavy atom. The monoisotopic (exact) mass is 289 g/mol. The van der Waals surface area contributed by atoms with E-state index < -0.39 is 5.97 Å². The number of nitrogens with zero attached hydrogens (tertiary/aromatic N) is 1. The highest BCUT2D eigenvalue weighted by Crippen LogP contribution is 2.41. The maximum Gasteiger partial charge on any atom is 0.317 e. The molecule has 0 unspecified atom stereocenters. The molecule has 3 rings (SSSR count). The third-order valence-electron chi connectivity index (χ3n) is 4.79. The van der Waals surface area contributed by atoms with Crippen LogP contribution in [0, 0.1) is 13.8 Å². The standard InChI is InChI=1S/C17H23NO3/c1-12-9-13(2)16-14(10-12)3-4-17(21-16)5-7-18(8-6-17)11-15(19)20/h9-10H,3-8,11H2,1-2H3,(H,19,20). The molecule has 0 bridgehead atoms. The van der Waals surface area contributed by atoms with Crippen molar-refractivity contribution >= 4 is 5.97 Å². The number of benzene rings is 1. The Labute approximate surface area is 125 Å². The lowest BCUT2D eigenvalue weighted by Gasteiger charge is -2.44. The Bertz CT molecular complexity index is 559. The van der Waals surface area contributed by atoms with E-state index in [0.29, 0.717) is 0 Å². The quantitative estimate of drug-likeness (QED) is 0.909. The van der Waals surface area contributed by atoms with Gasteiger partial charge in [-0.05, 0) is 50.7 Å². The molecule has 2 aliphatic rings. The van der Waals surface area contributed by atoms with Gasteiger partial charge in [-0.2, -0.15) is 0 Å². The second-order valence-electron chi connectivity index (χ2n) is 6.53. The summed E-state index contributed by atoms with van der Waals surface area (Å²) in [6.07, 6.45) is 3.96. The minimum absolute atomic E-state index is 0.0813. The van der Waals surface area contributed by atoms with Gasteiger partial charge in [-0.3, -0.25) is 9.69 Å². The Hall–Kier alpha value is -1.55. The van der Waals surface area contributed by atoms with E-state index in [-0.39, 0.29) is 12.1 Å². The van der Waals surface area contributed by atoms with Gasteiger partial charge in [0.2, 0.25) is 0 Å². The normalized spacial score (nSPS) is 20.9. The predicted octanol–water partition coefficient (Wildman–Crippen LogP) is 2.55. The first-order valence-corrected chi connectivity index (χ1v) is 7.71. The van der Waals surface area contributed by atoms with E-state index in [0.717, 1.165) is 44.5 Å². The van der Waals surface area contributed by atoms with Crippen LogP contribution in [0.1, 0.15) is 36.0 Å². The number of aryl methyl sites for hydroxylation is 3. The molecule has 2 heterocycles. The number of carboxylic acids is 1. The number of ether oxygens (including phenoxy) is 1. The van der Waals surface area contributed by atoms with Crippen molar-refractivity contribution in [1.82, 2.24) is 4.90 Å². The van der Waals surface area contributed by atoms with E-state index >= 15 is 0 Å². The summed E-state index contributed by atoms with van der Waals surface area (Å²) in [6, 6.07) is 4.41. The van der Waals surface area contributed by atoms with Crippen LogP contribution in [0.2, 0.25) is 0 Å². The summed E-state index contributed by atoms with van der Waals surface area (Å²) in [4.78, 5) is 12.8. The summed E-state index contributed by atoms with van der Waals surface area (Å²) in [5, 5.41) is 8.89. The average molecular weight is 289 g/mol. The Balaban J connectivity index is 1.73. The van der Waals surface area contributed by atoms with Crippen LogP contribution >= 0.6 is 0 Å². The zero-order chi connectivity index (χ0) is 15.0. The number of hydrogen-bond acceptors (Lipinski definition) is 3. The highest BCUT2D eigenvalue weighted by Gasteiger charge is 2.40. The molecule has 0 atom stereocenters. The number of aliphatic carboxylic acids is 1. The van der Waals surface area contributed by atoms with Crippen molar-refractivity contribution in [3.63, 3.8) is 0 Å². The van der Waals surface area contributed by atoms with Crippen molar-refractivity contribution < 1.29 is 14.6 Å². The van der Waals surface area contributed by atoms with Crippen molar-refractivity contribution in [2.24, 2.45) is 0 Å². The zero-order valence-corrected chi connectivity index (χ0v) is 12.8. The average Bonchev–Trinajstić information content (AvgIpc) is 2.42. The molecule has 1 spiro atoms. The molecule has 0 amide bonds. The molecule has 2 aliphatic heterocycles. The Morgan fingerprint density at radius 2 is 2.00 bits per heavy atom. The van der Waals surface area contributed by atoms with Gasteiger partial charge < -0.3 is 9.84 Å². The van der Waals surface area contributed by atoms with Crippen LogP contribution in [0.15, 0.2) is 12.1 Å². The van der Waals surface area contributed by atoms with Gasteiger partial charge in [0.15, 0.2) is 0 Å². The number of rotatable bonds is 2. The van der Waals surface area contributed by atoms with Crippen LogP contribution in [0.3, 0.4) is 0 Å². The molecular weight excluding hydrogens is 266 g/mol. The smallest absolute Gasteiger partial charge is 0.317 e. The molecule has 1 aromatic rings. The number of carbonyl (C=O) groups is 1. The number of likely N-dealkylation sites (tertiary alicyclic amines) is 1. The van der Waals surface area contributed by atoms with Crippen LogP contribution in [0.5, 0.6) is 5.75 Å². The van der Waals surface area contributed by atoms with Gasteiger partial charge in [0, 0.05) is 13.1 Å². The lowest BCUT2D eigenvalue weighted by atomic mass is 9.82. The van der Waals surface area contributed by atoms with Crippen LogP contribution in [0.25, 0.3) is 0 Å². The lowest BCUT2D eigenvalue weighted by Crippen LogP contribution is -2.50. The highest BCUT2D eigenvalue weighted by molar-refractivity contribution is 5.69. The van der Waals surface area contributed by atoms with Crippen molar-refractivity contribution in [2.75, 3.05) is 19.6 Å². The number of carboxylic acid groups (broad SMARTS) is 1. The van der Waals surface area contributed by atoms with E-state index in [4.69, 9.17) is 9.84 Å². The molecule has 0 aliphatic carbocycles. The van der Waals surface area contributed by atoms with Crippen LogP contribution in [-0.2, 0) is 11.2 Å². The van der Waals surface area contributed by atoms with Crippen LogP contribution in [-0.4, -0.2) is 41.2 Å². The summed E-state index contributed by atoms with van der Waals surface area (Å²) in [6.45, 7) is 6.01. The fourth-order valence-corrected chi connectivity index (χ4v) is 3.67. The molecule has 0 saturated carbocycles. The third-order valence-corrected chi connectivity index (χ3v) is 4.79. The van der Waals surface area contributed by atoms with Crippen molar-refractivity contribution in [3.05, 3.63) is 28.8 Å². The second kappa shape index (κ2) is 5.34. The van der Waals surface area contributed by atoms with Crippen LogP contribution in [0.4, 0.5) is 0 Å². The molecule has 0 aromatic heterocycles. The predicted molar refractivity (Wildman–Crippen MR) is 80.9 cm³/mol. The first-order chi connectivity index (χ1) is 9.97. The third kappa shape index (κ3) is 2.91. The van der Waals surface area contributed by atoms with Gasteiger partial charge in [-0.15, -0.1) is 0 Å². The van der Waals surface area contributed by atoms with Gasteiger partial charge in [0.05, 0.1) is 6.54 Å². The van der Waals surface area contributed by atoms with E-state index in [1.54, 1.807) is 0 Å². The van der Waals surface area contributed by atoms with Crippen LogP contribution < -0.4 is 4.74 Å². The lowest BCUT2D eigenvalue weighted by molar-refractivity contribution is -0.139. The van der Waals surface area contributed by atoms with E-state index in [1.165, 1.54) is 16.7 Å². The molecule has 1 fully saturated rings. The zero-order valence-electron chi connectivity index (χ0n) is 12.8. The first kappa shape index (κ1) is 14.4. The minimum atomic E-state index is -0.743. The molecule has 4 heteroatoms. The largest absolute Gasteiger partial charge is 0.487 e. The Kier molecular flexibility index (Phi) is 3.66. The number of hydrogen-bond donors (Lipinski definition) is 1. The summed E-state index contributed by atoms with van der Waals surface area (Å²) in [5.41, 5.74) is 3.76. The van der Waals surface area contributed by atoms with Gasteiger partial charge in [-0.1, -0.05) is 17.7 Å². The summed E-state index contributed by atoms with van der Waals surface area (Å²) < 4.78 is 6.43. The molecule has 21 heavy (non-hydrogen) atoms. The highest BCUT2D eigenvalue weighted by atomic mass is 16.5. The van der Waals surface area contributed by atoms with E-state index in [9.17, 15) is 4.79 Å². The topological polar surface area (TPSA) is 49.8 Å². The van der Waals surface area contributed by atoms with Crippen molar-refractivity contribution in [1.29, 1.82) is 0 Å². The van der Waals surface area contributed by atoms with Gasteiger partial charge >= 0.3 is 5.97 Å². The molecule has 114 valence electrons. The summed E-state index contributed by atoms with van der Waals surface area (Å²) in [5.74, 6) is 0.325.